The molecule has 0 bridgehead atoms. The maximum absolute atomic E-state index is 13.7. The molecule has 2 aromatic rings. The number of benzene rings is 2. The molecule has 0 radical (unpaired) electrons. The average Bonchev–Trinajstić information content (AvgIpc) is 2.60. The third kappa shape index (κ3) is 3.83. The highest BCUT2D eigenvalue weighted by molar-refractivity contribution is 7.80. The molecule has 0 aliphatic carbocycles. The van der Waals surface area contributed by atoms with Gasteiger partial charge in [-0.3, -0.25) is 4.79 Å². The Balaban J connectivity index is 1.99. The highest BCUT2D eigenvalue weighted by Gasteiger charge is 2.30. The Morgan fingerprint density at radius 1 is 1.11 bits per heavy atom. The van der Waals surface area contributed by atoms with Crippen LogP contribution in [0.3, 0.4) is 0 Å². The minimum Gasteiger partial charge on any atom is -0.351 e. The second-order valence-corrected chi connectivity index (χ2v) is 6.85. The van der Waals surface area contributed by atoms with Crippen molar-refractivity contribution in [3.05, 3.63) is 76.0 Å². The summed E-state index contributed by atoms with van der Waals surface area (Å²) in [5, 5.41) is 9.10. The topological polar surface area (TPSA) is 53.2 Å². The summed E-state index contributed by atoms with van der Waals surface area (Å²) < 4.78 is 27.1. The lowest BCUT2D eigenvalue weighted by molar-refractivity contribution is -0.113. The summed E-state index contributed by atoms with van der Waals surface area (Å²) in [4.78, 5) is 13.0. The molecule has 1 amide bonds. The van der Waals surface area contributed by atoms with Crippen molar-refractivity contribution in [1.82, 2.24) is 10.6 Å². The third-order valence-corrected chi connectivity index (χ3v) is 4.86. The van der Waals surface area contributed by atoms with Gasteiger partial charge in [0.2, 0.25) is 0 Å². The van der Waals surface area contributed by atoms with E-state index in [2.05, 4.69) is 16.0 Å². The number of carbonyl (C=O) groups is 1. The number of halogens is 2. The largest absolute Gasteiger partial charge is 0.351 e. The summed E-state index contributed by atoms with van der Waals surface area (Å²) in [5.74, 6) is -2.28. The predicted molar refractivity (Wildman–Crippen MR) is 105 cm³/mol. The number of thiocarbonyl (C=S) groups is 1. The van der Waals surface area contributed by atoms with Crippen molar-refractivity contribution in [1.29, 1.82) is 0 Å². The van der Waals surface area contributed by atoms with Crippen molar-refractivity contribution in [3.63, 3.8) is 0 Å². The summed E-state index contributed by atoms with van der Waals surface area (Å²) >= 11 is 5.17. The van der Waals surface area contributed by atoms with Gasteiger partial charge in [-0.2, -0.15) is 0 Å². The summed E-state index contributed by atoms with van der Waals surface area (Å²) in [6.45, 7) is 5.60. The van der Waals surface area contributed by atoms with Gasteiger partial charge in [0.25, 0.3) is 5.91 Å². The Labute approximate surface area is 161 Å². The number of amides is 1. The van der Waals surface area contributed by atoms with Crippen LogP contribution < -0.4 is 16.0 Å². The second-order valence-electron chi connectivity index (χ2n) is 6.45. The highest BCUT2D eigenvalue weighted by Crippen LogP contribution is 2.29. The van der Waals surface area contributed by atoms with Gasteiger partial charge in [0.05, 0.1) is 11.6 Å². The van der Waals surface area contributed by atoms with Crippen LogP contribution in [0.25, 0.3) is 0 Å². The predicted octanol–water partition coefficient (Wildman–Crippen LogP) is 4.01. The molecule has 3 N–H and O–H groups in total. The second kappa shape index (κ2) is 7.44. The van der Waals surface area contributed by atoms with Gasteiger partial charge >= 0.3 is 0 Å². The molecule has 0 aromatic heterocycles. The highest BCUT2D eigenvalue weighted by atomic mass is 32.1. The number of nitrogens with one attached hydrogen (secondary N) is 3. The molecule has 1 aliphatic heterocycles. The molecule has 1 aliphatic rings. The van der Waals surface area contributed by atoms with Crippen LogP contribution in [0.2, 0.25) is 0 Å². The Morgan fingerprint density at radius 3 is 2.56 bits per heavy atom. The summed E-state index contributed by atoms with van der Waals surface area (Å²) in [5.41, 5.74) is 4.02. The number of anilines is 1. The molecule has 0 saturated carbocycles. The Kier molecular flexibility index (Phi) is 5.23. The number of aryl methyl sites for hydroxylation is 1. The van der Waals surface area contributed by atoms with Crippen molar-refractivity contribution in [2.75, 3.05) is 5.32 Å². The number of rotatable bonds is 3. The Bertz CT molecular complexity index is 972. The Morgan fingerprint density at radius 2 is 1.85 bits per heavy atom. The van der Waals surface area contributed by atoms with Gasteiger partial charge < -0.3 is 16.0 Å². The quantitative estimate of drug-likeness (QED) is 0.697. The fourth-order valence-corrected chi connectivity index (χ4v) is 3.28. The zero-order valence-electron chi connectivity index (χ0n) is 15.1. The van der Waals surface area contributed by atoms with Gasteiger partial charge in [-0.1, -0.05) is 18.2 Å². The van der Waals surface area contributed by atoms with E-state index >= 15 is 0 Å². The molecule has 0 unspecified atom stereocenters. The van der Waals surface area contributed by atoms with Crippen molar-refractivity contribution in [2.45, 2.75) is 26.8 Å². The molecule has 7 heteroatoms. The van der Waals surface area contributed by atoms with Crippen molar-refractivity contribution in [2.24, 2.45) is 0 Å². The molecule has 2 aromatic carbocycles. The van der Waals surface area contributed by atoms with E-state index in [1.807, 2.05) is 32.0 Å². The van der Waals surface area contributed by atoms with Crippen LogP contribution in [-0.4, -0.2) is 11.0 Å². The van der Waals surface area contributed by atoms with Gasteiger partial charge in [0.1, 0.15) is 0 Å². The summed E-state index contributed by atoms with van der Waals surface area (Å²) in [6, 6.07) is 8.48. The lowest BCUT2D eigenvalue weighted by Gasteiger charge is -2.30. The van der Waals surface area contributed by atoms with Gasteiger partial charge in [0.15, 0.2) is 16.7 Å². The van der Waals surface area contributed by atoms with E-state index < -0.39 is 17.7 Å². The molecule has 0 saturated heterocycles. The van der Waals surface area contributed by atoms with E-state index in [0.29, 0.717) is 27.6 Å². The zero-order chi connectivity index (χ0) is 19.7. The van der Waals surface area contributed by atoms with Gasteiger partial charge in [-0.05, 0) is 67.9 Å². The van der Waals surface area contributed by atoms with E-state index in [4.69, 9.17) is 12.2 Å². The maximum Gasteiger partial charge on any atom is 0.255 e. The first-order valence-corrected chi connectivity index (χ1v) is 8.79. The molecular formula is C20H19F2N3OS. The Hall–Kier alpha value is -2.80. The fourth-order valence-electron chi connectivity index (χ4n) is 3.01. The molecule has 27 heavy (non-hydrogen) atoms. The third-order valence-electron chi connectivity index (χ3n) is 4.64. The SMILES string of the molecule is CC1=C(C(=O)Nc2cccc(C)c2C)[C@@H](c2ccc(F)c(F)c2)NC(=S)N1. The van der Waals surface area contributed by atoms with Crippen molar-refractivity contribution < 1.29 is 13.6 Å². The minimum atomic E-state index is -0.981. The molecule has 0 spiro atoms. The fraction of sp³-hybridized carbons (Fsp3) is 0.200. The van der Waals surface area contributed by atoms with Crippen molar-refractivity contribution in [3.8, 4) is 0 Å². The summed E-state index contributed by atoms with van der Waals surface area (Å²) in [6.07, 6.45) is 0. The number of hydrogen-bond donors (Lipinski definition) is 3. The van der Waals surface area contributed by atoms with Crippen LogP contribution in [0.1, 0.15) is 29.7 Å². The van der Waals surface area contributed by atoms with Crippen molar-refractivity contribution >= 4 is 28.9 Å². The maximum atomic E-state index is 13.7. The minimum absolute atomic E-state index is 0.311. The number of carbonyl (C=O) groups excluding carboxylic acids is 1. The van der Waals surface area contributed by atoms with E-state index in [-0.39, 0.29) is 5.91 Å². The molecule has 140 valence electrons. The first-order valence-electron chi connectivity index (χ1n) is 8.38. The van der Waals surface area contributed by atoms with Crippen LogP contribution in [0.4, 0.5) is 14.5 Å². The average molecular weight is 387 g/mol. The van der Waals surface area contributed by atoms with E-state index in [9.17, 15) is 13.6 Å². The molecule has 1 heterocycles. The normalized spacial score (nSPS) is 16.6. The number of hydrogen-bond acceptors (Lipinski definition) is 2. The van der Waals surface area contributed by atoms with E-state index in [1.54, 1.807) is 6.92 Å². The lowest BCUT2D eigenvalue weighted by atomic mass is 9.94. The van der Waals surface area contributed by atoms with Crippen LogP contribution >= 0.6 is 12.2 Å². The molecule has 1 atom stereocenters. The van der Waals surface area contributed by atoms with Crippen LogP contribution in [0.5, 0.6) is 0 Å². The van der Waals surface area contributed by atoms with Gasteiger partial charge in [0, 0.05) is 11.4 Å². The first kappa shape index (κ1) is 19.0. The van der Waals surface area contributed by atoms with Crippen LogP contribution in [-0.2, 0) is 4.79 Å². The van der Waals surface area contributed by atoms with E-state index in [1.165, 1.54) is 6.07 Å². The first-order chi connectivity index (χ1) is 12.8. The summed E-state index contributed by atoms with van der Waals surface area (Å²) in [7, 11) is 0. The lowest BCUT2D eigenvalue weighted by Crippen LogP contribution is -2.45. The monoisotopic (exact) mass is 387 g/mol. The zero-order valence-corrected chi connectivity index (χ0v) is 15.9. The van der Waals surface area contributed by atoms with Crippen LogP contribution in [0.15, 0.2) is 47.7 Å². The molecular weight excluding hydrogens is 368 g/mol. The smallest absolute Gasteiger partial charge is 0.255 e. The molecule has 3 rings (SSSR count). The number of allylic oxidation sites excluding steroid dienone is 1. The van der Waals surface area contributed by atoms with E-state index in [0.717, 1.165) is 23.3 Å². The van der Waals surface area contributed by atoms with Gasteiger partial charge in [-0.25, -0.2) is 8.78 Å². The van der Waals surface area contributed by atoms with Crippen LogP contribution in [0, 0.1) is 25.5 Å². The standard InChI is InChI=1S/C20H19F2N3OS/c1-10-5-4-6-16(11(10)2)24-19(26)17-12(3)23-20(27)25-18(17)13-7-8-14(21)15(22)9-13/h4-9,18H,1-3H3,(H,24,26)(H2,23,25,27)/t18-/m1/s1. The van der Waals surface area contributed by atoms with Gasteiger partial charge in [-0.15, -0.1) is 0 Å². The molecule has 4 nitrogen and oxygen atoms in total. The molecule has 0 fully saturated rings.